The van der Waals surface area contributed by atoms with Gasteiger partial charge in [-0.05, 0) is 48.6 Å². The molecule has 0 saturated carbocycles. The maximum atomic E-state index is 6.00. The molecule has 88 valence electrons. The van der Waals surface area contributed by atoms with Gasteiger partial charge in [-0.25, -0.2) is 0 Å². The van der Waals surface area contributed by atoms with Gasteiger partial charge in [0.25, 0.3) is 0 Å². The Kier molecular flexibility index (Phi) is 3.88. The van der Waals surface area contributed by atoms with Crippen LogP contribution in [0.3, 0.4) is 0 Å². The Morgan fingerprint density at radius 1 is 1.50 bits per heavy atom. The minimum Gasteiger partial charge on any atom is -0.310 e. The molecule has 1 aliphatic rings. The van der Waals surface area contributed by atoms with Crippen molar-refractivity contribution in [3.05, 3.63) is 34.3 Å². The minimum absolute atomic E-state index is 0.543. The van der Waals surface area contributed by atoms with E-state index in [2.05, 4.69) is 31.3 Å². The standard InChI is InChI=1S/C14H20ClN/c1-3-10(2)9-16-14-7-4-11-8-12(15)5-6-13(11)14/h5-6,8,10,14,16H,3-4,7,9H2,1-2H3. The van der Waals surface area contributed by atoms with E-state index in [0.29, 0.717) is 6.04 Å². The molecule has 0 heterocycles. The summed E-state index contributed by atoms with van der Waals surface area (Å²) in [5.41, 5.74) is 2.88. The third kappa shape index (κ3) is 2.58. The van der Waals surface area contributed by atoms with Gasteiger partial charge in [0.15, 0.2) is 0 Å². The summed E-state index contributed by atoms with van der Waals surface area (Å²) in [7, 11) is 0. The molecule has 2 heteroatoms. The predicted molar refractivity (Wildman–Crippen MR) is 70.0 cm³/mol. The molecule has 1 nitrogen and oxygen atoms in total. The van der Waals surface area contributed by atoms with Crippen molar-refractivity contribution in [1.82, 2.24) is 5.32 Å². The van der Waals surface area contributed by atoms with Gasteiger partial charge in [-0.2, -0.15) is 0 Å². The van der Waals surface area contributed by atoms with E-state index in [9.17, 15) is 0 Å². The number of hydrogen-bond acceptors (Lipinski definition) is 1. The highest BCUT2D eigenvalue weighted by Gasteiger charge is 2.22. The topological polar surface area (TPSA) is 12.0 Å². The number of rotatable bonds is 4. The smallest absolute Gasteiger partial charge is 0.0408 e. The lowest BCUT2D eigenvalue weighted by Crippen LogP contribution is -2.24. The Balaban J connectivity index is 2.01. The molecule has 2 rings (SSSR count). The fourth-order valence-corrected chi connectivity index (χ4v) is 2.48. The zero-order chi connectivity index (χ0) is 11.5. The number of hydrogen-bond donors (Lipinski definition) is 1. The third-order valence-corrected chi connectivity index (χ3v) is 3.83. The van der Waals surface area contributed by atoms with E-state index in [4.69, 9.17) is 11.6 Å². The summed E-state index contributed by atoms with van der Waals surface area (Å²) in [6.07, 6.45) is 3.62. The molecule has 0 aliphatic heterocycles. The summed E-state index contributed by atoms with van der Waals surface area (Å²) >= 11 is 6.00. The molecular formula is C14H20ClN. The minimum atomic E-state index is 0.543. The number of aryl methyl sites for hydroxylation is 1. The van der Waals surface area contributed by atoms with Crippen molar-refractivity contribution in [2.75, 3.05) is 6.54 Å². The highest BCUT2D eigenvalue weighted by molar-refractivity contribution is 6.30. The van der Waals surface area contributed by atoms with Gasteiger partial charge in [0.2, 0.25) is 0 Å². The van der Waals surface area contributed by atoms with Crippen molar-refractivity contribution in [2.45, 2.75) is 39.2 Å². The summed E-state index contributed by atoms with van der Waals surface area (Å²) in [5, 5.41) is 4.53. The van der Waals surface area contributed by atoms with Crippen molar-refractivity contribution in [2.24, 2.45) is 5.92 Å². The largest absolute Gasteiger partial charge is 0.310 e. The molecule has 0 aromatic heterocycles. The monoisotopic (exact) mass is 237 g/mol. The summed E-state index contributed by atoms with van der Waals surface area (Å²) in [6.45, 7) is 5.66. The van der Waals surface area contributed by atoms with Gasteiger partial charge in [-0.1, -0.05) is 37.9 Å². The number of halogens is 1. The van der Waals surface area contributed by atoms with Gasteiger partial charge in [-0.15, -0.1) is 0 Å². The van der Waals surface area contributed by atoms with Gasteiger partial charge in [0.05, 0.1) is 0 Å². The van der Waals surface area contributed by atoms with Crippen molar-refractivity contribution in [3.63, 3.8) is 0 Å². The molecule has 1 N–H and O–H groups in total. The lowest BCUT2D eigenvalue weighted by molar-refractivity contribution is 0.443. The SMILES string of the molecule is CCC(C)CNC1CCc2cc(Cl)ccc21. The van der Waals surface area contributed by atoms with Crippen LogP contribution in [0.4, 0.5) is 0 Å². The molecule has 0 amide bonds. The van der Waals surface area contributed by atoms with E-state index in [1.807, 2.05) is 6.07 Å². The normalized spacial score (nSPS) is 20.8. The van der Waals surface area contributed by atoms with Gasteiger partial charge in [-0.3, -0.25) is 0 Å². The van der Waals surface area contributed by atoms with Crippen molar-refractivity contribution in [3.8, 4) is 0 Å². The van der Waals surface area contributed by atoms with Crippen molar-refractivity contribution in [1.29, 1.82) is 0 Å². The van der Waals surface area contributed by atoms with Crippen LogP contribution >= 0.6 is 11.6 Å². The molecule has 1 aliphatic carbocycles. The first-order valence-electron chi connectivity index (χ1n) is 6.22. The zero-order valence-corrected chi connectivity index (χ0v) is 10.8. The summed E-state index contributed by atoms with van der Waals surface area (Å²) < 4.78 is 0. The summed E-state index contributed by atoms with van der Waals surface area (Å²) in [4.78, 5) is 0. The average Bonchev–Trinajstić information content (AvgIpc) is 2.68. The molecule has 2 atom stereocenters. The van der Waals surface area contributed by atoms with Crippen molar-refractivity contribution >= 4 is 11.6 Å². The van der Waals surface area contributed by atoms with E-state index in [1.165, 1.54) is 24.0 Å². The highest BCUT2D eigenvalue weighted by atomic mass is 35.5. The third-order valence-electron chi connectivity index (χ3n) is 3.59. The average molecular weight is 238 g/mol. The lowest BCUT2D eigenvalue weighted by Gasteiger charge is -2.17. The van der Waals surface area contributed by atoms with Crippen LogP contribution in [0.15, 0.2) is 18.2 Å². The fourth-order valence-electron chi connectivity index (χ4n) is 2.29. The van der Waals surface area contributed by atoms with E-state index in [0.717, 1.165) is 23.9 Å². The van der Waals surface area contributed by atoms with Crippen LogP contribution in [0.1, 0.15) is 43.9 Å². The van der Waals surface area contributed by atoms with Gasteiger partial charge in [0.1, 0.15) is 0 Å². The second-order valence-electron chi connectivity index (χ2n) is 4.86. The second-order valence-corrected chi connectivity index (χ2v) is 5.29. The first-order valence-corrected chi connectivity index (χ1v) is 6.60. The Labute approximate surface area is 103 Å². The van der Waals surface area contributed by atoms with Gasteiger partial charge >= 0.3 is 0 Å². The number of benzene rings is 1. The molecule has 0 bridgehead atoms. The van der Waals surface area contributed by atoms with Crippen LogP contribution in [0.2, 0.25) is 5.02 Å². The number of fused-ring (bicyclic) bond motifs is 1. The van der Waals surface area contributed by atoms with Crippen LogP contribution < -0.4 is 5.32 Å². The molecule has 0 fully saturated rings. The van der Waals surface area contributed by atoms with E-state index in [1.54, 1.807) is 0 Å². The maximum absolute atomic E-state index is 6.00. The second kappa shape index (κ2) is 5.20. The molecule has 0 spiro atoms. The molecule has 0 saturated heterocycles. The Bertz CT molecular complexity index is 362. The maximum Gasteiger partial charge on any atom is 0.0408 e. The van der Waals surface area contributed by atoms with Crippen LogP contribution in [-0.2, 0) is 6.42 Å². The molecule has 1 aromatic carbocycles. The Hall–Kier alpha value is -0.530. The zero-order valence-electron chi connectivity index (χ0n) is 10.1. The first kappa shape index (κ1) is 11.9. The fraction of sp³-hybridized carbons (Fsp3) is 0.571. The Morgan fingerprint density at radius 3 is 3.06 bits per heavy atom. The van der Waals surface area contributed by atoms with Crippen LogP contribution in [-0.4, -0.2) is 6.54 Å². The van der Waals surface area contributed by atoms with Crippen molar-refractivity contribution < 1.29 is 0 Å². The molecule has 16 heavy (non-hydrogen) atoms. The van der Waals surface area contributed by atoms with Gasteiger partial charge in [0, 0.05) is 11.1 Å². The first-order chi connectivity index (χ1) is 7.70. The number of nitrogens with one attached hydrogen (secondary N) is 1. The summed E-state index contributed by atoms with van der Waals surface area (Å²) in [5.74, 6) is 0.761. The molecule has 1 aromatic rings. The summed E-state index contributed by atoms with van der Waals surface area (Å²) in [6, 6.07) is 6.84. The molecule has 0 radical (unpaired) electrons. The predicted octanol–water partition coefficient (Wildman–Crippen LogP) is 3.96. The lowest BCUT2D eigenvalue weighted by atomic mass is 10.1. The molecule has 2 unspecified atom stereocenters. The molecular weight excluding hydrogens is 218 g/mol. The van der Waals surface area contributed by atoms with Crippen LogP contribution in [0.5, 0.6) is 0 Å². The van der Waals surface area contributed by atoms with Crippen LogP contribution in [0, 0.1) is 5.92 Å². The quantitative estimate of drug-likeness (QED) is 0.836. The van der Waals surface area contributed by atoms with Crippen LogP contribution in [0.25, 0.3) is 0 Å². The van der Waals surface area contributed by atoms with Gasteiger partial charge < -0.3 is 5.32 Å². The van der Waals surface area contributed by atoms with E-state index >= 15 is 0 Å². The van der Waals surface area contributed by atoms with E-state index < -0.39 is 0 Å². The van der Waals surface area contributed by atoms with E-state index in [-0.39, 0.29) is 0 Å². The Morgan fingerprint density at radius 2 is 2.31 bits per heavy atom. The highest BCUT2D eigenvalue weighted by Crippen LogP contribution is 2.32.